The minimum atomic E-state index is -1.07. The molecule has 0 saturated carbocycles. The Morgan fingerprint density at radius 1 is 1.38 bits per heavy atom. The third-order valence-corrected chi connectivity index (χ3v) is 2.83. The zero-order chi connectivity index (χ0) is 15.4. The highest BCUT2D eigenvalue weighted by Gasteiger charge is 2.18. The van der Waals surface area contributed by atoms with Crippen molar-refractivity contribution >= 4 is 23.3 Å². The second-order valence-corrected chi connectivity index (χ2v) is 4.94. The Morgan fingerprint density at radius 2 is 2.14 bits per heavy atom. The SMILES string of the molecule is CC(C)NC(=O)CCNc1nc2ccccn2c1C(=O)O. The normalized spacial score (nSPS) is 10.8. The van der Waals surface area contributed by atoms with Gasteiger partial charge in [0.1, 0.15) is 5.65 Å². The van der Waals surface area contributed by atoms with Gasteiger partial charge in [0, 0.05) is 25.2 Å². The van der Waals surface area contributed by atoms with Crippen molar-refractivity contribution in [2.45, 2.75) is 26.3 Å². The number of amides is 1. The van der Waals surface area contributed by atoms with Gasteiger partial charge in [-0.1, -0.05) is 6.07 Å². The number of rotatable bonds is 6. The molecule has 2 aromatic heterocycles. The zero-order valence-electron chi connectivity index (χ0n) is 12.0. The maximum absolute atomic E-state index is 11.5. The van der Waals surface area contributed by atoms with Crippen molar-refractivity contribution in [1.82, 2.24) is 14.7 Å². The van der Waals surface area contributed by atoms with Gasteiger partial charge < -0.3 is 15.7 Å². The molecule has 2 heterocycles. The summed E-state index contributed by atoms with van der Waals surface area (Å²) in [5.74, 6) is -0.882. The number of nitrogens with one attached hydrogen (secondary N) is 2. The molecule has 0 atom stereocenters. The molecule has 0 aliphatic rings. The van der Waals surface area contributed by atoms with Gasteiger partial charge in [0.2, 0.25) is 5.91 Å². The molecule has 1 amide bonds. The van der Waals surface area contributed by atoms with Crippen LogP contribution in [0.2, 0.25) is 0 Å². The number of pyridine rings is 1. The summed E-state index contributed by atoms with van der Waals surface area (Å²) in [4.78, 5) is 27.1. The molecule has 0 fully saturated rings. The maximum atomic E-state index is 11.5. The van der Waals surface area contributed by atoms with Crippen LogP contribution < -0.4 is 10.6 Å². The summed E-state index contributed by atoms with van der Waals surface area (Å²) in [7, 11) is 0. The largest absolute Gasteiger partial charge is 0.476 e. The van der Waals surface area contributed by atoms with E-state index in [9.17, 15) is 14.7 Å². The van der Waals surface area contributed by atoms with E-state index >= 15 is 0 Å². The predicted molar refractivity (Wildman–Crippen MR) is 78.5 cm³/mol. The molecule has 0 bridgehead atoms. The minimum Gasteiger partial charge on any atom is -0.476 e. The van der Waals surface area contributed by atoms with E-state index in [2.05, 4.69) is 15.6 Å². The summed E-state index contributed by atoms with van der Waals surface area (Å²) in [5, 5.41) is 15.0. The number of fused-ring (bicyclic) bond motifs is 1. The van der Waals surface area contributed by atoms with Gasteiger partial charge in [0.15, 0.2) is 11.5 Å². The Hall–Kier alpha value is -2.57. The van der Waals surface area contributed by atoms with Crippen molar-refractivity contribution in [1.29, 1.82) is 0 Å². The van der Waals surface area contributed by atoms with Gasteiger partial charge in [-0.15, -0.1) is 0 Å². The summed E-state index contributed by atoms with van der Waals surface area (Å²) < 4.78 is 1.50. The van der Waals surface area contributed by atoms with Gasteiger partial charge in [-0.3, -0.25) is 9.20 Å². The summed E-state index contributed by atoms with van der Waals surface area (Å²) in [6.07, 6.45) is 1.90. The van der Waals surface area contributed by atoms with Crippen molar-refractivity contribution in [3.63, 3.8) is 0 Å². The highest BCUT2D eigenvalue weighted by Crippen LogP contribution is 2.17. The molecule has 7 heteroatoms. The second-order valence-electron chi connectivity index (χ2n) is 4.94. The number of aromatic nitrogens is 2. The minimum absolute atomic E-state index is 0.0647. The Kier molecular flexibility index (Phi) is 4.42. The van der Waals surface area contributed by atoms with E-state index in [1.807, 2.05) is 13.8 Å². The van der Waals surface area contributed by atoms with Crippen LogP contribution in [0.25, 0.3) is 5.65 Å². The molecule has 0 saturated heterocycles. The van der Waals surface area contributed by atoms with Crippen molar-refractivity contribution < 1.29 is 14.7 Å². The summed E-state index contributed by atoms with van der Waals surface area (Å²) in [6, 6.07) is 5.33. The third kappa shape index (κ3) is 3.50. The summed E-state index contributed by atoms with van der Waals surface area (Å²) in [6.45, 7) is 4.09. The fraction of sp³-hybridized carbons (Fsp3) is 0.357. The van der Waals surface area contributed by atoms with E-state index in [0.717, 1.165) is 0 Å². The van der Waals surface area contributed by atoms with Crippen LogP contribution in [-0.4, -0.2) is 39.0 Å². The molecule has 2 aromatic rings. The van der Waals surface area contributed by atoms with Crippen LogP contribution in [0, 0.1) is 0 Å². The van der Waals surface area contributed by atoms with Crippen molar-refractivity contribution in [3.05, 3.63) is 30.1 Å². The summed E-state index contributed by atoms with van der Waals surface area (Å²) in [5.41, 5.74) is 0.610. The molecule has 0 aromatic carbocycles. The number of carbonyl (C=O) groups is 2. The number of hydrogen-bond acceptors (Lipinski definition) is 4. The van der Waals surface area contributed by atoms with Crippen LogP contribution in [0.3, 0.4) is 0 Å². The number of aromatic carboxylic acids is 1. The zero-order valence-corrected chi connectivity index (χ0v) is 12.0. The Morgan fingerprint density at radius 3 is 2.81 bits per heavy atom. The van der Waals surface area contributed by atoms with E-state index in [0.29, 0.717) is 12.2 Å². The molecule has 2 rings (SSSR count). The lowest BCUT2D eigenvalue weighted by Gasteiger charge is -2.08. The summed E-state index contributed by atoms with van der Waals surface area (Å²) >= 11 is 0. The topological polar surface area (TPSA) is 95.7 Å². The number of imidazole rings is 1. The van der Waals surface area contributed by atoms with Crippen molar-refractivity contribution in [2.75, 3.05) is 11.9 Å². The quantitative estimate of drug-likeness (QED) is 0.746. The molecule has 0 spiro atoms. The Balaban J connectivity index is 2.10. The number of anilines is 1. The molecule has 3 N–H and O–H groups in total. The van der Waals surface area contributed by atoms with Gasteiger partial charge >= 0.3 is 5.97 Å². The molecule has 0 aliphatic heterocycles. The molecule has 0 aliphatic carbocycles. The van der Waals surface area contributed by atoms with Crippen LogP contribution in [0.5, 0.6) is 0 Å². The first-order valence-electron chi connectivity index (χ1n) is 6.72. The van der Waals surface area contributed by atoms with Crippen LogP contribution in [-0.2, 0) is 4.79 Å². The van der Waals surface area contributed by atoms with Crippen molar-refractivity contribution in [3.8, 4) is 0 Å². The van der Waals surface area contributed by atoms with Gasteiger partial charge in [-0.2, -0.15) is 0 Å². The first-order chi connectivity index (χ1) is 9.99. The van der Waals surface area contributed by atoms with Crippen LogP contribution in [0.4, 0.5) is 5.82 Å². The Bertz CT molecular complexity index is 663. The van der Waals surface area contributed by atoms with Crippen LogP contribution >= 0.6 is 0 Å². The van der Waals surface area contributed by atoms with Gasteiger partial charge in [0.05, 0.1) is 0 Å². The van der Waals surface area contributed by atoms with E-state index in [1.54, 1.807) is 24.4 Å². The molecule has 0 radical (unpaired) electrons. The van der Waals surface area contributed by atoms with Gasteiger partial charge in [-0.25, -0.2) is 9.78 Å². The molecule has 0 unspecified atom stereocenters. The van der Waals surface area contributed by atoms with E-state index < -0.39 is 5.97 Å². The van der Waals surface area contributed by atoms with Crippen LogP contribution in [0.15, 0.2) is 24.4 Å². The average Bonchev–Trinajstić information content (AvgIpc) is 2.75. The van der Waals surface area contributed by atoms with Gasteiger partial charge in [0.25, 0.3) is 0 Å². The predicted octanol–water partition coefficient (Wildman–Crippen LogP) is 1.36. The highest BCUT2D eigenvalue weighted by atomic mass is 16.4. The Labute approximate surface area is 122 Å². The lowest BCUT2D eigenvalue weighted by Crippen LogP contribution is -2.31. The standard InChI is InChI=1S/C14H18N4O3/c1-9(2)16-11(19)6-7-15-13-12(14(20)21)18-8-4-3-5-10(18)17-13/h3-5,8-9,15H,6-7H2,1-2H3,(H,16,19)(H,20,21). The molecular formula is C14H18N4O3. The molecule has 112 valence electrons. The lowest BCUT2D eigenvalue weighted by molar-refractivity contribution is -0.121. The smallest absolute Gasteiger partial charge is 0.356 e. The first kappa shape index (κ1) is 14.8. The number of hydrogen-bond donors (Lipinski definition) is 3. The van der Waals surface area contributed by atoms with Gasteiger partial charge in [-0.05, 0) is 26.0 Å². The highest BCUT2D eigenvalue weighted by molar-refractivity contribution is 5.93. The number of carboxylic acids is 1. The van der Waals surface area contributed by atoms with E-state index in [4.69, 9.17) is 0 Å². The fourth-order valence-corrected chi connectivity index (χ4v) is 2.01. The van der Waals surface area contributed by atoms with E-state index in [-0.39, 0.29) is 29.9 Å². The number of carboxylic acid groups (broad SMARTS) is 1. The second kappa shape index (κ2) is 6.25. The third-order valence-electron chi connectivity index (χ3n) is 2.83. The van der Waals surface area contributed by atoms with Crippen LogP contribution in [0.1, 0.15) is 30.8 Å². The molecular weight excluding hydrogens is 272 g/mol. The van der Waals surface area contributed by atoms with E-state index in [1.165, 1.54) is 4.40 Å². The first-order valence-corrected chi connectivity index (χ1v) is 6.72. The average molecular weight is 290 g/mol. The lowest BCUT2D eigenvalue weighted by atomic mass is 10.3. The molecule has 21 heavy (non-hydrogen) atoms. The fourth-order valence-electron chi connectivity index (χ4n) is 2.01. The molecule has 7 nitrogen and oxygen atoms in total. The van der Waals surface area contributed by atoms with Crippen molar-refractivity contribution in [2.24, 2.45) is 0 Å². The maximum Gasteiger partial charge on any atom is 0.356 e. The number of carbonyl (C=O) groups excluding carboxylic acids is 1. The number of nitrogens with zero attached hydrogens (tertiary/aromatic N) is 2. The monoisotopic (exact) mass is 290 g/mol.